The molecular formula is C13H12ClN3OS. The van der Waals surface area contributed by atoms with Crippen LogP contribution in [-0.2, 0) is 0 Å². The molecule has 0 aliphatic heterocycles. The van der Waals surface area contributed by atoms with Gasteiger partial charge < -0.3 is 5.73 Å². The van der Waals surface area contributed by atoms with Gasteiger partial charge in [-0.25, -0.2) is 4.68 Å². The van der Waals surface area contributed by atoms with Crippen molar-refractivity contribution in [2.45, 2.75) is 13.8 Å². The van der Waals surface area contributed by atoms with E-state index in [0.717, 1.165) is 11.3 Å². The molecule has 2 aromatic rings. The molecule has 4 nitrogen and oxygen atoms in total. The second-order valence-electron chi connectivity index (χ2n) is 4.21. The van der Waals surface area contributed by atoms with Crippen LogP contribution in [0.25, 0.3) is 5.69 Å². The van der Waals surface area contributed by atoms with Gasteiger partial charge in [-0.1, -0.05) is 29.9 Å². The molecule has 0 saturated heterocycles. The average Bonchev–Trinajstić information content (AvgIpc) is 2.32. The summed E-state index contributed by atoms with van der Waals surface area (Å²) in [6.45, 7) is 3.70. The highest BCUT2D eigenvalue weighted by atomic mass is 35.5. The van der Waals surface area contributed by atoms with E-state index in [0.29, 0.717) is 10.7 Å². The molecule has 0 atom stereocenters. The topological polar surface area (TPSA) is 60.9 Å². The number of hydrogen-bond donors (Lipinski definition) is 1. The van der Waals surface area contributed by atoms with Crippen molar-refractivity contribution in [2.75, 3.05) is 0 Å². The quantitative estimate of drug-likeness (QED) is 0.862. The van der Waals surface area contributed by atoms with Crippen LogP contribution in [0.5, 0.6) is 0 Å². The van der Waals surface area contributed by atoms with Crippen LogP contribution in [0.2, 0.25) is 5.02 Å². The molecule has 1 aromatic heterocycles. The minimum Gasteiger partial charge on any atom is -0.388 e. The zero-order chi connectivity index (χ0) is 14.2. The molecule has 19 heavy (non-hydrogen) atoms. The minimum atomic E-state index is -0.278. The Kier molecular flexibility index (Phi) is 3.68. The monoisotopic (exact) mass is 293 g/mol. The summed E-state index contributed by atoms with van der Waals surface area (Å²) in [5.41, 5.74) is 7.71. The highest BCUT2D eigenvalue weighted by molar-refractivity contribution is 7.80. The Morgan fingerprint density at radius 2 is 2.05 bits per heavy atom. The van der Waals surface area contributed by atoms with E-state index in [9.17, 15) is 4.79 Å². The van der Waals surface area contributed by atoms with Gasteiger partial charge in [-0.05, 0) is 31.5 Å². The molecule has 0 fully saturated rings. The third-order valence-electron chi connectivity index (χ3n) is 2.74. The Bertz CT molecular complexity index is 724. The zero-order valence-corrected chi connectivity index (χ0v) is 12.0. The molecule has 1 heterocycles. The third-order valence-corrected chi connectivity index (χ3v) is 3.34. The maximum Gasteiger partial charge on any atom is 0.210 e. The Morgan fingerprint density at radius 3 is 2.63 bits per heavy atom. The highest BCUT2D eigenvalue weighted by Gasteiger charge is 2.10. The molecule has 0 aliphatic carbocycles. The van der Waals surface area contributed by atoms with E-state index < -0.39 is 0 Å². The smallest absolute Gasteiger partial charge is 0.210 e. The molecular weight excluding hydrogens is 282 g/mol. The summed E-state index contributed by atoms with van der Waals surface area (Å²) in [5.74, 6) is 0. The summed E-state index contributed by atoms with van der Waals surface area (Å²) in [7, 11) is 0. The van der Waals surface area contributed by atoms with Gasteiger partial charge in [-0.15, -0.1) is 0 Å². The second kappa shape index (κ2) is 5.11. The molecule has 2 rings (SSSR count). The van der Waals surface area contributed by atoms with Crippen LogP contribution in [-0.4, -0.2) is 14.8 Å². The normalized spacial score (nSPS) is 10.5. The van der Waals surface area contributed by atoms with E-state index in [-0.39, 0.29) is 16.1 Å². The molecule has 0 unspecified atom stereocenters. The number of hydrogen-bond acceptors (Lipinski definition) is 3. The summed E-state index contributed by atoms with van der Waals surface area (Å²) in [4.78, 5) is 11.7. The molecule has 98 valence electrons. The van der Waals surface area contributed by atoms with Crippen LogP contribution in [0, 0.1) is 13.8 Å². The molecule has 6 heteroatoms. The first-order chi connectivity index (χ1) is 8.90. The lowest BCUT2D eigenvalue weighted by Crippen LogP contribution is -2.26. The van der Waals surface area contributed by atoms with Crippen LogP contribution >= 0.6 is 23.8 Å². The van der Waals surface area contributed by atoms with E-state index in [4.69, 9.17) is 29.6 Å². The number of nitrogens with zero attached hydrogens (tertiary/aromatic N) is 2. The van der Waals surface area contributed by atoms with E-state index in [1.54, 1.807) is 17.7 Å². The van der Waals surface area contributed by atoms with Gasteiger partial charge in [0, 0.05) is 16.8 Å². The summed E-state index contributed by atoms with van der Waals surface area (Å²) in [6, 6.07) is 6.99. The first-order valence-corrected chi connectivity index (χ1v) is 6.36. The molecule has 1 aromatic carbocycles. The number of benzene rings is 1. The fourth-order valence-corrected chi connectivity index (χ4v) is 2.01. The molecule has 0 amide bonds. The minimum absolute atomic E-state index is 0.0167. The Morgan fingerprint density at radius 1 is 1.37 bits per heavy atom. The van der Waals surface area contributed by atoms with Crippen molar-refractivity contribution in [1.82, 2.24) is 9.78 Å². The van der Waals surface area contributed by atoms with E-state index in [1.165, 1.54) is 6.07 Å². The van der Waals surface area contributed by atoms with Crippen molar-refractivity contribution in [1.29, 1.82) is 0 Å². The summed E-state index contributed by atoms with van der Waals surface area (Å²) >= 11 is 10.9. The average molecular weight is 294 g/mol. The van der Waals surface area contributed by atoms with Gasteiger partial charge in [0.15, 0.2) is 5.69 Å². The number of rotatable bonds is 2. The maximum absolute atomic E-state index is 11.7. The standard InChI is InChI=1S/C13H12ClN3OS/c1-7-3-4-9(6-10(7)14)17-8(2)5-11(18)12(16-17)13(15)19/h3-6H,1-2H3,(H2,15,19). The Labute approximate surface area is 120 Å². The van der Waals surface area contributed by atoms with E-state index in [1.807, 2.05) is 19.1 Å². The second-order valence-corrected chi connectivity index (χ2v) is 5.06. The molecule has 2 N–H and O–H groups in total. The number of aryl methyl sites for hydroxylation is 2. The van der Waals surface area contributed by atoms with Gasteiger partial charge in [0.1, 0.15) is 4.99 Å². The molecule has 0 saturated carbocycles. The summed E-state index contributed by atoms with van der Waals surface area (Å²) < 4.78 is 1.60. The lowest BCUT2D eigenvalue weighted by molar-refractivity contribution is 0.793. The van der Waals surface area contributed by atoms with Crippen molar-refractivity contribution in [3.63, 3.8) is 0 Å². The molecule has 0 aliphatic rings. The Balaban J connectivity index is 2.68. The van der Waals surface area contributed by atoms with Gasteiger partial charge in [-0.2, -0.15) is 5.10 Å². The van der Waals surface area contributed by atoms with Crippen molar-refractivity contribution < 1.29 is 0 Å². The van der Waals surface area contributed by atoms with Crippen molar-refractivity contribution in [3.05, 3.63) is 56.5 Å². The van der Waals surface area contributed by atoms with Gasteiger partial charge in [0.05, 0.1) is 5.69 Å². The number of thiocarbonyl (C=S) groups is 1. The zero-order valence-electron chi connectivity index (χ0n) is 10.5. The Hall–Kier alpha value is -1.72. The van der Waals surface area contributed by atoms with E-state index in [2.05, 4.69) is 5.10 Å². The van der Waals surface area contributed by atoms with Crippen LogP contribution in [0.15, 0.2) is 29.1 Å². The highest BCUT2D eigenvalue weighted by Crippen LogP contribution is 2.19. The fourth-order valence-electron chi connectivity index (χ4n) is 1.69. The van der Waals surface area contributed by atoms with Crippen molar-refractivity contribution in [3.8, 4) is 5.69 Å². The number of aromatic nitrogens is 2. The first-order valence-electron chi connectivity index (χ1n) is 5.57. The molecule has 0 radical (unpaired) electrons. The third kappa shape index (κ3) is 2.67. The fraction of sp³-hybridized carbons (Fsp3) is 0.154. The SMILES string of the molecule is Cc1ccc(-n2nc(C(N)=S)c(=O)cc2C)cc1Cl. The summed E-state index contributed by atoms with van der Waals surface area (Å²) in [6.07, 6.45) is 0. The van der Waals surface area contributed by atoms with E-state index >= 15 is 0 Å². The molecule has 0 spiro atoms. The largest absolute Gasteiger partial charge is 0.388 e. The lowest BCUT2D eigenvalue weighted by Gasteiger charge is -2.11. The lowest BCUT2D eigenvalue weighted by atomic mass is 10.2. The predicted octanol–water partition coefficient (Wildman–Crippen LogP) is 2.14. The van der Waals surface area contributed by atoms with Crippen LogP contribution in [0.3, 0.4) is 0 Å². The number of halogens is 1. The maximum atomic E-state index is 11.7. The molecule has 0 bridgehead atoms. The van der Waals surface area contributed by atoms with Gasteiger partial charge in [0.2, 0.25) is 5.43 Å². The first kappa shape index (κ1) is 13.7. The predicted molar refractivity (Wildman–Crippen MR) is 80.2 cm³/mol. The van der Waals surface area contributed by atoms with Crippen molar-refractivity contribution >= 4 is 28.8 Å². The van der Waals surface area contributed by atoms with Gasteiger partial charge in [-0.3, -0.25) is 4.79 Å². The van der Waals surface area contributed by atoms with Crippen LogP contribution in [0.1, 0.15) is 17.0 Å². The van der Waals surface area contributed by atoms with Crippen LogP contribution in [0.4, 0.5) is 0 Å². The number of nitrogens with two attached hydrogens (primary N) is 1. The van der Waals surface area contributed by atoms with Gasteiger partial charge in [0.25, 0.3) is 0 Å². The van der Waals surface area contributed by atoms with Crippen LogP contribution < -0.4 is 11.2 Å². The van der Waals surface area contributed by atoms with Gasteiger partial charge >= 0.3 is 0 Å². The van der Waals surface area contributed by atoms with Crippen molar-refractivity contribution in [2.24, 2.45) is 5.73 Å². The summed E-state index contributed by atoms with van der Waals surface area (Å²) in [5, 5.41) is 4.83.